The Morgan fingerprint density at radius 1 is 1.35 bits per heavy atom. The van der Waals surface area contributed by atoms with Crippen molar-refractivity contribution in [2.24, 2.45) is 0 Å². The lowest BCUT2D eigenvalue weighted by Gasteiger charge is -2.23. The fraction of sp³-hybridized carbons (Fsp3) is 0.308. The number of carboxylic acids is 2. The van der Waals surface area contributed by atoms with E-state index in [2.05, 4.69) is 0 Å². The Hall–Kier alpha value is -2.57. The van der Waals surface area contributed by atoms with Gasteiger partial charge in [0.05, 0.1) is 0 Å². The van der Waals surface area contributed by atoms with Crippen LogP contribution in [-0.4, -0.2) is 39.0 Å². The lowest BCUT2D eigenvalue weighted by atomic mass is 10.1. The Labute approximate surface area is 114 Å². The van der Waals surface area contributed by atoms with E-state index in [-0.39, 0.29) is 19.4 Å². The molecule has 1 heterocycles. The van der Waals surface area contributed by atoms with Gasteiger partial charge in [-0.1, -0.05) is 0 Å². The number of carboxylic acid groups (broad SMARTS) is 2. The molecule has 0 bridgehead atoms. The summed E-state index contributed by atoms with van der Waals surface area (Å²) in [4.78, 5) is 35.2. The molecular weight excluding hydrogens is 264 g/mol. The molecule has 1 unspecified atom stereocenters. The predicted octanol–water partition coefficient (Wildman–Crippen LogP) is 0.543. The van der Waals surface area contributed by atoms with Crippen LogP contribution < -0.4 is 5.73 Å². The summed E-state index contributed by atoms with van der Waals surface area (Å²) in [6, 6.07) is 3.62. The zero-order chi connectivity index (χ0) is 14.9. The lowest BCUT2D eigenvalue weighted by Crippen LogP contribution is -2.41. The molecule has 7 nitrogen and oxygen atoms in total. The smallest absolute Gasteiger partial charge is 0.326 e. The van der Waals surface area contributed by atoms with Crippen molar-refractivity contribution in [2.45, 2.75) is 25.4 Å². The summed E-state index contributed by atoms with van der Waals surface area (Å²) in [6.45, 7) is 0.135. The van der Waals surface area contributed by atoms with Crippen LogP contribution in [0.5, 0.6) is 0 Å². The Balaban J connectivity index is 2.22. The largest absolute Gasteiger partial charge is 0.481 e. The number of hydrogen-bond donors (Lipinski definition) is 3. The van der Waals surface area contributed by atoms with E-state index < -0.39 is 23.9 Å². The van der Waals surface area contributed by atoms with Crippen molar-refractivity contribution < 1.29 is 24.6 Å². The average molecular weight is 278 g/mol. The molecule has 0 aliphatic carbocycles. The zero-order valence-corrected chi connectivity index (χ0v) is 10.6. The molecule has 2 rings (SSSR count). The van der Waals surface area contributed by atoms with Gasteiger partial charge in [0.2, 0.25) is 0 Å². The average Bonchev–Trinajstić information content (AvgIpc) is 2.66. The summed E-state index contributed by atoms with van der Waals surface area (Å²) < 4.78 is 0. The predicted molar refractivity (Wildman–Crippen MR) is 69.0 cm³/mol. The molecule has 1 aliphatic rings. The van der Waals surface area contributed by atoms with Gasteiger partial charge in [0.1, 0.15) is 6.04 Å². The molecule has 7 heteroatoms. The van der Waals surface area contributed by atoms with Crippen molar-refractivity contribution in [3.63, 3.8) is 0 Å². The van der Waals surface area contributed by atoms with E-state index in [0.717, 1.165) is 0 Å². The second-order valence-electron chi connectivity index (χ2n) is 4.64. The molecule has 1 amide bonds. The Bertz CT molecular complexity index is 584. The Kier molecular flexibility index (Phi) is 3.60. The van der Waals surface area contributed by atoms with Crippen LogP contribution >= 0.6 is 0 Å². The van der Waals surface area contributed by atoms with E-state index in [9.17, 15) is 19.5 Å². The maximum atomic E-state index is 12.2. The number of nitrogens with zero attached hydrogens (tertiary/aromatic N) is 1. The van der Waals surface area contributed by atoms with E-state index in [1.165, 1.54) is 4.90 Å². The van der Waals surface area contributed by atoms with Gasteiger partial charge in [-0.15, -0.1) is 0 Å². The molecule has 0 saturated carbocycles. The molecule has 1 aromatic rings. The molecule has 1 atom stereocenters. The van der Waals surface area contributed by atoms with Crippen molar-refractivity contribution in [1.29, 1.82) is 0 Å². The van der Waals surface area contributed by atoms with Gasteiger partial charge in [-0.3, -0.25) is 9.59 Å². The van der Waals surface area contributed by atoms with Gasteiger partial charge in [-0.2, -0.15) is 0 Å². The summed E-state index contributed by atoms with van der Waals surface area (Å²) in [5, 5.41) is 17.8. The summed E-state index contributed by atoms with van der Waals surface area (Å²) in [5.41, 5.74) is 7.21. The van der Waals surface area contributed by atoms with E-state index in [4.69, 9.17) is 10.8 Å². The van der Waals surface area contributed by atoms with E-state index in [1.807, 2.05) is 0 Å². The Morgan fingerprint density at radius 2 is 2.05 bits per heavy atom. The number of nitrogens with two attached hydrogens (primary N) is 1. The van der Waals surface area contributed by atoms with Gasteiger partial charge in [0, 0.05) is 24.2 Å². The molecule has 4 N–H and O–H groups in total. The highest BCUT2D eigenvalue weighted by Gasteiger charge is 2.36. The summed E-state index contributed by atoms with van der Waals surface area (Å²) >= 11 is 0. The van der Waals surface area contributed by atoms with Crippen LogP contribution in [0.1, 0.15) is 28.8 Å². The van der Waals surface area contributed by atoms with Crippen LogP contribution in [0, 0.1) is 0 Å². The van der Waals surface area contributed by atoms with Gasteiger partial charge < -0.3 is 20.8 Å². The SMILES string of the molecule is Nc1ccc2c(c1)CN(C(CCC(=O)O)C(=O)O)C2=O. The van der Waals surface area contributed by atoms with Crippen LogP contribution in [-0.2, 0) is 16.1 Å². The van der Waals surface area contributed by atoms with Crippen molar-refractivity contribution in [3.8, 4) is 0 Å². The number of amides is 1. The van der Waals surface area contributed by atoms with Gasteiger partial charge in [-0.05, 0) is 30.2 Å². The minimum absolute atomic E-state index is 0.125. The second kappa shape index (κ2) is 5.20. The molecule has 0 aromatic heterocycles. The highest BCUT2D eigenvalue weighted by Crippen LogP contribution is 2.27. The quantitative estimate of drug-likeness (QED) is 0.676. The van der Waals surface area contributed by atoms with E-state index in [0.29, 0.717) is 16.8 Å². The number of hydrogen-bond acceptors (Lipinski definition) is 4. The van der Waals surface area contributed by atoms with Crippen molar-refractivity contribution in [1.82, 2.24) is 4.90 Å². The van der Waals surface area contributed by atoms with Crippen molar-refractivity contribution in [3.05, 3.63) is 29.3 Å². The highest BCUT2D eigenvalue weighted by molar-refractivity contribution is 6.00. The monoisotopic (exact) mass is 278 g/mol. The first-order chi connectivity index (χ1) is 9.40. The fourth-order valence-corrected chi connectivity index (χ4v) is 2.29. The summed E-state index contributed by atoms with van der Waals surface area (Å²) in [7, 11) is 0. The molecule has 0 radical (unpaired) electrons. The number of anilines is 1. The molecular formula is C13H14N2O5. The number of nitrogen functional groups attached to an aromatic ring is 1. The third kappa shape index (κ3) is 2.56. The minimum atomic E-state index is -1.21. The van der Waals surface area contributed by atoms with Crippen LogP contribution in [0.3, 0.4) is 0 Å². The molecule has 0 fully saturated rings. The first kappa shape index (κ1) is 13.9. The number of benzene rings is 1. The summed E-state index contributed by atoms with van der Waals surface area (Å²) in [6.07, 6.45) is -0.431. The Morgan fingerprint density at radius 3 is 2.65 bits per heavy atom. The number of fused-ring (bicyclic) bond motifs is 1. The standard InChI is InChI=1S/C13H14N2O5/c14-8-1-2-9-7(5-8)6-15(12(9)18)10(13(19)20)3-4-11(16)17/h1-2,5,10H,3-4,6,14H2,(H,16,17)(H,19,20). The van der Waals surface area contributed by atoms with Crippen LogP contribution in [0.15, 0.2) is 18.2 Å². The van der Waals surface area contributed by atoms with Crippen LogP contribution in [0.4, 0.5) is 5.69 Å². The fourth-order valence-electron chi connectivity index (χ4n) is 2.29. The van der Waals surface area contributed by atoms with Crippen molar-refractivity contribution >= 4 is 23.5 Å². The second-order valence-corrected chi connectivity index (χ2v) is 4.64. The molecule has 20 heavy (non-hydrogen) atoms. The highest BCUT2D eigenvalue weighted by atomic mass is 16.4. The molecule has 1 aromatic carbocycles. The topological polar surface area (TPSA) is 121 Å². The number of rotatable bonds is 5. The van der Waals surface area contributed by atoms with Crippen molar-refractivity contribution in [2.75, 3.05) is 5.73 Å². The number of aliphatic carboxylic acids is 2. The normalized spacial score (nSPS) is 15.0. The molecule has 0 saturated heterocycles. The summed E-state index contributed by atoms with van der Waals surface area (Å²) in [5.74, 6) is -2.71. The number of carbonyl (C=O) groups is 3. The van der Waals surface area contributed by atoms with Crippen LogP contribution in [0.25, 0.3) is 0 Å². The lowest BCUT2D eigenvalue weighted by molar-refractivity contribution is -0.143. The minimum Gasteiger partial charge on any atom is -0.481 e. The maximum Gasteiger partial charge on any atom is 0.326 e. The first-order valence-corrected chi connectivity index (χ1v) is 6.04. The van der Waals surface area contributed by atoms with E-state index >= 15 is 0 Å². The first-order valence-electron chi connectivity index (χ1n) is 6.04. The number of carbonyl (C=O) groups excluding carboxylic acids is 1. The molecule has 0 spiro atoms. The third-order valence-electron chi connectivity index (χ3n) is 3.25. The van der Waals surface area contributed by atoms with Gasteiger partial charge >= 0.3 is 11.9 Å². The third-order valence-corrected chi connectivity index (χ3v) is 3.25. The van der Waals surface area contributed by atoms with Gasteiger partial charge in [-0.25, -0.2) is 4.79 Å². The van der Waals surface area contributed by atoms with Crippen LogP contribution in [0.2, 0.25) is 0 Å². The zero-order valence-electron chi connectivity index (χ0n) is 10.6. The maximum absolute atomic E-state index is 12.2. The van der Waals surface area contributed by atoms with E-state index in [1.54, 1.807) is 18.2 Å². The van der Waals surface area contributed by atoms with Gasteiger partial charge in [0.25, 0.3) is 5.91 Å². The molecule has 106 valence electrons. The van der Waals surface area contributed by atoms with Gasteiger partial charge in [0.15, 0.2) is 0 Å². The molecule has 1 aliphatic heterocycles.